The van der Waals surface area contributed by atoms with Gasteiger partial charge in [-0.05, 0) is 23.3 Å². The van der Waals surface area contributed by atoms with Gasteiger partial charge in [-0.15, -0.1) is 0 Å². The van der Waals surface area contributed by atoms with Crippen LogP contribution in [0, 0.1) is 11.6 Å². The molecule has 124 valence electrons. The number of ether oxygens (including phenoxy) is 1. The van der Waals surface area contributed by atoms with Crippen LogP contribution in [0.5, 0.6) is 0 Å². The molecule has 2 aliphatic heterocycles. The van der Waals surface area contributed by atoms with E-state index in [0.717, 1.165) is 25.2 Å². The molecular weight excluding hydrogens is 314 g/mol. The van der Waals surface area contributed by atoms with E-state index in [1.807, 2.05) is 12.1 Å². The molecule has 0 unspecified atom stereocenters. The second-order valence-corrected chi connectivity index (χ2v) is 6.15. The first-order valence-corrected chi connectivity index (χ1v) is 7.82. The second kappa shape index (κ2) is 5.87. The van der Waals surface area contributed by atoms with E-state index in [1.54, 1.807) is 0 Å². The van der Waals surface area contributed by atoms with Crippen molar-refractivity contribution in [3.8, 4) is 0 Å². The van der Waals surface area contributed by atoms with Gasteiger partial charge in [0.2, 0.25) is 0 Å². The van der Waals surface area contributed by atoms with Crippen LogP contribution < -0.4 is 4.90 Å². The molecule has 0 saturated carbocycles. The monoisotopic (exact) mass is 330 g/mol. The first kappa shape index (κ1) is 15.1. The number of carbonyl (C=O) groups is 1. The van der Waals surface area contributed by atoms with Crippen LogP contribution in [0.2, 0.25) is 0 Å². The number of hydrogen-bond donors (Lipinski definition) is 0. The molecule has 1 saturated heterocycles. The standard InChI is InChI=1S/C18H16F2N2O2/c19-16-6-5-14(7-17(16)20)22-11-15(24-18(22)23)10-21-8-12-3-1-2-4-13(12)9-21/h1-7,15H,8-11H2/t15-/m0/s1. The quantitative estimate of drug-likeness (QED) is 0.866. The number of carbonyl (C=O) groups excluding carboxylic acids is 1. The minimum atomic E-state index is -0.973. The Morgan fingerprint density at radius 3 is 2.42 bits per heavy atom. The third kappa shape index (κ3) is 2.73. The van der Waals surface area contributed by atoms with Crippen molar-refractivity contribution in [1.82, 2.24) is 4.90 Å². The average Bonchev–Trinajstić information content (AvgIpc) is 3.13. The lowest BCUT2D eigenvalue weighted by Crippen LogP contribution is -2.31. The Labute approximate surface area is 138 Å². The molecule has 0 bridgehead atoms. The fraction of sp³-hybridized carbons (Fsp3) is 0.278. The van der Waals surface area contributed by atoms with Crippen molar-refractivity contribution in [3.05, 3.63) is 65.2 Å². The molecule has 24 heavy (non-hydrogen) atoms. The maximum Gasteiger partial charge on any atom is 0.414 e. The minimum absolute atomic E-state index is 0.292. The number of nitrogens with zero attached hydrogens (tertiary/aromatic N) is 2. The predicted octanol–water partition coefficient (Wildman–Crippen LogP) is 3.31. The molecule has 2 heterocycles. The third-order valence-electron chi connectivity index (χ3n) is 4.46. The molecule has 0 aliphatic carbocycles. The van der Waals surface area contributed by atoms with Crippen molar-refractivity contribution in [3.63, 3.8) is 0 Å². The van der Waals surface area contributed by atoms with Gasteiger partial charge in [-0.1, -0.05) is 24.3 Å². The molecule has 2 aromatic carbocycles. The van der Waals surface area contributed by atoms with Gasteiger partial charge in [-0.2, -0.15) is 0 Å². The van der Waals surface area contributed by atoms with E-state index in [0.29, 0.717) is 18.8 Å². The summed E-state index contributed by atoms with van der Waals surface area (Å²) in [5.41, 5.74) is 2.89. The highest BCUT2D eigenvalue weighted by molar-refractivity contribution is 5.89. The zero-order valence-electron chi connectivity index (χ0n) is 12.9. The van der Waals surface area contributed by atoms with Crippen LogP contribution in [0.3, 0.4) is 0 Å². The van der Waals surface area contributed by atoms with Gasteiger partial charge in [-0.3, -0.25) is 9.80 Å². The molecule has 2 aliphatic rings. The maximum absolute atomic E-state index is 13.4. The summed E-state index contributed by atoms with van der Waals surface area (Å²) in [6.07, 6.45) is -0.817. The van der Waals surface area contributed by atoms with Gasteiger partial charge in [0.15, 0.2) is 11.6 Å². The van der Waals surface area contributed by atoms with E-state index in [1.165, 1.54) is 22.1 Å². The molecule has 1 atom stereocenters. The topological polar surface area (TPSA) is 32.8 Å². The predicted molar refractivity (Wildman–Crippen MR) is 84.5 cm³/mol. The summed E-state index contributed by atoms with van der Waals surface area (Å²) in [4.78, 5) is 15.6. The SMILES string of the molecule is O=C1O[C@@H](CN2Cc3ccccc3C2)CN1c1ccc(F)c(F)c1. The molecule has 6 heteroatoms. The number of rotatable bonds is 3. The van der Waals surface area contributed by atoms with E-state index in [4.69, 9.17) is 4.74 Å². The molecule has 0 aromatic heterocycles. The molecular formula is C18H16F2N2O2. The third-order valence-corrected chi connectivity index (χ3v) is 4.46. The summed E-state index contributed by atoms with van der Waals surface area (Å²) >= 11 is 0. The van der Waals surface area contributed by atoms with E-state index in [2.05, 4.69) is 17.0 Å². The first-order valence-electron chi connectivity index (χ1n) is 7.82. The Morgan fingerprint density at radius 2 is 1.75 bits per heavy atom. The van der Waals surface area contributed by atoms with Crippen molar-refractivity contribution < 1.29 is 18.3 Å². The van der Waals surface area contributed by atoms with Gasteiger partial charge in [0, 0.05) is 25.7 Å². The van der Waals surface area contributed by atoms with Crippen molar-refractivity contribution in [2.45, 2.75) is 19.2 Å². The summed E-state index contributed by atoms with van der Waals surface area (Å²) in [6.45, 7) is 2.60. The lowest BCUT2D eigenvalue weighted by molar-refractivity contribution is 0.108. The molecule has 1 amide bonds. The van der Waals surface area contributed by atoms with E-state index >= 15 is 0 Å². The van der Waals surface area contributed by atoms with Crippen LogP contribution in [0.25, 0.3) is 0 Å². The lowest BCUT2D eigenvalue weighted by atomic mass is 10.1. The molecule has 2 aromatic rings. The number of anilines is 1. The fourth-order valence-corrected chi connectivity index (χ4v) is 3.30. The maximum atomic E-state index is 13.4. The Balaban J connectivity index is 1.42. The number of halogens is 2. The molecule has 0 spiro atoms. The van der Waals surface area contributed by atoms with Gasteiger partial charge in [0.25, 0.3) is 0 Å². The summed E-state index contributed by atoms with van der Waals surface area (Å²) < 4.78 is 31.8. The van der Waals surface area contributed by atoms with Crippen LogP contribution in [-0.2, 0) is 17.8 Å². The van der Waals surface area contributed by atoms with Gasteiger partial charge >= 0.3 is 6.09 Å². The lowest BCUT2D eigenvalue weighted by Gasteiger charge is -2.18. The second-order valence-electron chi connectivity index (χ2n) is 6.15. The number of fused-ring (bicyclic) bond motifs is 1. The molecule has 0 radical (unpaired) electrons. The first-order chi connectivity index (χ1) is 11.6. The van der Waals surface area contributed by atoms with Crippen LogP contribution in [0.1, 0.15) is 11.1 Å². The zero-order valence-corrected chi connectivity index (χ0v) is 12.9. The van der Waals surface area contributed by atoms with E-state index < -0.39 is 17.7 Å². The van der Waals surface area contributed by atoms with Crippen LogP contribution in [-0.4, -0.2) is 30.2 Å². The number of hydrogen-bond acceptors (Lipinski definition) is 3. The average molecular weight is 330 g/mol. The van der Waals surface area contributed by atoms with E-state index in [-0.39, 0.29) is 6.10 Å². The molecule has 1 fully saturated rings. The molecule has 0 N–H and O–H groups in total. The van der Waals surface area contributed by atoms with Gasteiger partial charge in [0.1, 0.15) is 6.10 Å². The van der Waals surface area contributed by atoms with Gasteiger partial charge in [-0.25, -0.2) is 13.6 Å². The largest absolute Gasteiger partial charge is 0.443 e. The van der Waals surface area contributed by atoms with Crippen LogP contribution in [0.4, 0.5) is 19.3 Å². The van der Waals surface area contributed by atoms with Crippen LogP contribution >= 0.6 is 0 Å². The van der Waals surface area contributed by atoms with Crippen molar-refractivity contribution in [2.24, 2.45) is 0 Å². The van der Waals surface area contributed by atoms with Crippen molar-refractivity contribution in [1.29, 1.82) is 0 Å². The normalized spacial score (nSPS) is 20.3. The zero-order chi connectivity index (χ0) is 16.7. The summed E-state index contributed by atoms with van der Waals surface area (Å²) in [7, 11) is 0. The number of cyclic esters (lactones) is 1. The summed E-state index contributed by atoms with van der Waals surface area (Å²) in [6, 6.07) is 11.7. The number of amides is 1. The minimum Gasteiger partial charge on any atom is -0.443 e. The highest BCUT2D eigenvalue weighted by Gasteiger charge is 2.34. The smallest absolute Gasteiger partial charge is 0.414 e. The van der Waals surface area contributed by atoms with Crippen molar-refractivity contribution in [2.75, 3.05) is 18.0 Å². The van der Waals surface area contributed by atoms with Crippen molar-refractivity contribution >= 4 is 11.8 Å². The highest BCUT2D eigenvalue weighted by atomic mass is 19.2. The Bertz CT molecular complexity index is 771. The Kier molecular flexibility index (Phi) is 3.69. The number of benzene rings is 2. The summed E-state index contributed by atoms with van der Waals surface area (Å²) in [5, 5.41) is 0. The van der Waals surface area contributed by atoms with E-state index in [9.17, 15) is 13.6 Å². The van der Waals surface area contributed by atoms with Gasteiger partial charge in [0.05, 0.1) is 12.2 Å². The fourth-order valence-electron chi connectivity index (χ4n) is 3.30. The van der Waals surface area contributed by atoms with Gasteiger partial charge < -0.3 is 4.74 Å². The Hall–Kier alpha value is -2.47. The Morgan fingerprint density at radius 1 is 1.04 bits per heavy atom. The molecule has 4 nitrogen and oxygen atoms in total. The van der Waals surface area contributed by atoms with Crippen LogP contribution in [0.15, 0.2) is 42.5 Å². The molecule has 4 rings (SSSR count). The highest BCUT2D eigenvalue weighted by Crippen LogP contribution is 2.26. The summed E-state index contributed by atoms with van der Waals surface area (Å²) in [5.74, 6) is -1.91.